The number of halogens is 1. The molecule has 1 fully saturated rings. The highest BCUT2D eigenvalue weighted by molar-refractivity contribution is 7.91. The van der Waals surface area contributed by atoms with E-state index in [4.69, 9.17) is 21.1 Å². The minimum absolute atomic E-state index is 0.0614. The quantitative estimate of drug-likeness (QED) is 0.523. The van der Waals surface area contributed by atoms with Gasteiger partial charge in [-0.2, -0.15) is 0 Å². The third-order valence-electron chi connectivity index (χ3n) is 3.88. The first-order valence-electron chi connectivity index (χ1n) is 8.29. The van der Waals surface area contributed by atoms with E-state index in [9.17, 15) is 18.0 Å². The second-order valence-electron chi connectivity index (χ2n) is 6.19. The molecule has 26 heavy (non-hydrogen) atoms. The largest absolute Gasteiger partial charge is 0.493 e. The summed E-state index contributed by atoms with van der Waals surface area (Å²) in [6.45, 7) is 1.81. The van der Waals surface area contributed by atoms with Crippen LogP contribution in [0.1, 0.15) is 24.8 Å². The Morgan fingerprint density at radius 1 is 1.35 bits per heavy atom. The molecule has 1 aromatic rings. The molecule has 9 heteroatoms. The molecule has 1 heterocycles. The molecule has 1 N–H and O–H groups in total. The van der Waals surface area contributed by atoms with Crippen molar-refractivity contribution in [2.45, 2.75) is 32.2 Å². The van der Waals surface area contributed by atoms with Gasteiger partial charge in [0.1, 0.15) is 5.75 Å². The predicted octanol–water partition coefficient (Wildman–Crippen LogP) is 1.65. The van der Waals surface area contributed by atoms with E-state index in [1.54, 1.807) is 18.2 Å². The Bertz CT molecular complexity index is 765. The molecule has 0 radical (unpaired) electrons. The lowest BCUT2D eigenvalue weighted by atomic mass is 10.2. The van der Waals surface area contributed by atoms with Gasteiger partial charge in [-0.1, -0.05) is 11.6 Å². The molecule has 0 bridgehead atoms. The van der Waals surface area contributed by atoms with Crippen LogP contribution in [0.2, 0.25) is 5.02 Å². The van der Waals surface area contributed by atoms with E-state index in [-0.39, 0.29) is 17.9 Å². The zero-order valence-corrected chi connectivity index (χ0v) is 16.1. The van der Waals surface area contributed by atoms with Gasteiger partial charge in [-0.3, -0.25) is 9.59 Å². The van der Waals surface area contributed by atoms with Crippen LogP contribution in [-0.4, -0.2) is 51.1 Å². The minimum atomic E-state index is -3.06. The maximum absolute atomic E-state index is 11.7. The Balaban J connectivity index is 1.59. The van der Waals surface area contributed by atoms with E-state index < -0.39 is 34.4 Å². The van der Waals surface area contributed by atoms with E-state index in [0.29, 0.717) is 30.2 Å². The molecular formula is C17H22ClNO6S. The van der Waals surface area contributed by atoms with Crippen LogP contribution in [-0.2, 0) is 24.2 Å². The second-order valence-corrected chi connectivity index (χ2v) is 8.86. The standard InChI is InChI=1S/C17H22ClNO6S/c1-12-9-13(18)4-5-15(12)24-7-2-3-17(21)25-10-16(20)19-14-6-8-26(22,23)11-14/h4-5,9,14H,2-3,6-8,10-11H2,1H3,(H,19,20)/t14-/m1/s1. The van der Waals surface area contributed by atoms with E-state index in [1.165, 1.54) is 0 Å². The van der Waals surface area contributed by atoms with Gasteiger partial charge in [0, 0.05) is 17.5 Å². The first-order chi connectivity index (χ1) is 12.2. The number of hydrogen-bond acceptors (Lipinski definition) is 6. The molecule has 1 saturated heterocycles. The van der Waals surface area contributed by atoms with Gasteiger partial charge in [-0.15, -0.1) is 0 Å². The predicted molar refractivity (Wildman–Crippen MR) is 97.1 cm³/mol. The van der Waals surface area contributed by atoms with Crippen molar-refractivity contribution in [2.24, 2.45) is 0 Å². The third-order valence-corrected chi connectivity index (χ3v) is 5.88. The van der Waals surface area contributed by atoms with Crippen molar-refractivity contribution in [3.8, 4) is 5.75 Å². The summed E-state index contributed by atoms with van der Waals surface area (Å²) in [5.41, 5.74) is 0.908. The first kappa shape index (κ1) is 20.5. The average Bonchev–Trinajstić information content (AvgIpc) is 2.90. The molecule has 0 unspecified atom stereocenters. The molecule has 1 aromatic carbocycles. The van der Waals surface area contributed by atoms with Gasteiger partial charge in [0.2, 0.25) is 0 Å². The molecule has 0 saturated carbocycles. The lowest BCUT2D eigenvalue weighted by molar-refractivity contribution is -0.148. The van der Waals surface area contributed by atoms with Gasteiger partial charge in [-0.25, -0.2) is 8.42 Å². The molecule has 7 nitrogen and oxygen atoms in total. The van der Waals surface area contributed by atoms with Gasteiger partial charge in [-0.05, 0) is 43.5 Å². The molecule has 144 valence electrons. The number of aryl methyl sites for hydroxylation is 1. The van der Waals surface area contributed by atoms with Crippen LogP contribution >= 0.6 is 11.6 Å². The van der Waals surface area contributed by atoms with Crippen LogP contribution in [0.5, 0.6) is 5.75 Å². The number of ether oxygens (including phenoxy) is 2. The van der Waals surface area contributed by atoms with Crippen molar-refractivity contribution in [2.75, 3.05) is 24.7 Å². The maximum atomic E-state index is 11.7. The molecule has 1 amide bonds. The molecule has 1 aliphatic rings. The summed E-state index contributed by atoms with van der Waals surface area (Å²) >= 11 is 5.87. The normalized spacial score (nSPS) is 18.3. The summed E-state index contributed by atoms with van der Waals surface area (Å²) in [7, 11) is -3.06. The summed E-state index contributed by atoms with van der Waals surface area (Å²) in [6.07, 6.45) is 0.963. The van der Waals surface area contributed by atoms with Crippen molar-refractivity contribution >= 4 is 33.3 Å². The van der Waals surface area contributed by atoms with Crippen molar-refractivity contribution in [1.29, 1.82) is 0 Å². The van der Waals surface area contributed by atoms with Gasteiger partial charge in [0.25, 0.3) is 5.91 Å². The van der Waals surface area contributed by atoms with Gasteiger partial charge < -0.3 is 14.8 Å². The maximum Gasteiger partial charge on any atom is 0.306 e. The molecule has 1 aliphatic heterocycles. The number of amides is 1. The zero-order chi connectivity index (χ0) is 19.2. The van der Waals surface area contributed by atoms with Crippen molar-refractivity contribution in [1.82, 2.24) is 5.32 Å². The zero-order valence-electron chi connectivity index (χ0n) is 14.5. The fraction of sp³-hybridized carbons (Fsp3) is 0.529. The van der Waals surface area contributed by atoms with Crippen LogP contribution < -0.4 is 10.1 Å². The summed E-state index contributed by atoms with van der Waals surface area (Å²) in [5, 5.41) is 3.19. The third kappa shape index (κ3) is 6.84. The topological polar surface area (TPSA) is 98.8 Å². The summed E-state index contributed by atoms with van der Waals surface area (Å²) in [5.74, 6) is -0.281. The summed E-state index contributed by atoms with van der Waals surface area (Å²) in [4.78, 5) is 23.3. The monoisotopic (exact) mass is 403 g/mol. The summed E-state index contributed by atoms with van der Waals surface area (Å²) in [6, 6.07) is 4.89. The number of sulfone groups is 1. The smallest absolute Gasteiger partial charge is 0.306 e. The molecular weight excluding hydrogens is 382 g/mol. The van der Waals surface area contributed by atoms with Crippen LogP contribution in [0.4, 0.5) is 0 Å². The fourth-order valence-corrected chi connectivity index (χ4v) is 4.47. The minimum Gasteiger partial charge on any atom is -0.493 e. The molecule has 0 aliphatic carbocycles. The number of nitrogens with one attached hydrogen (secondary N) is 1. The SMILES string of the molecule is Cc1cc(Cl)ccc1OCCCC(=O)OCC(=O)N[C@@H]1CCS(=O)(=O)C1. The van der Waals surface area contributed by atoms with E-state index in [2.05, 4.69) is 5.32 Å². The van der Waals surface area contributed by atoms with Crippen LogP contribution in [0.25, 0.3) is 0 Å². The van der Waals surface area contributed by atoms with Crippen LogP contribution in [0, 0.1) is 6.92 Å². The van der Waals surface area contributed by atoms with E-state index >= 15 is 0 Å². The molecule has 2 rings (SSSR count). The van der Waals surface area contributed by atoms with Crippen LogP contribution in [0.15, 0.2) is 18.2 Å². The Morgan fingerprint density at radius 3 is 2.77 bits per heavy atom. The number of carbonyl (C=O) groups excluding carboxylic acids is 2. The molecule has 1 atom stereocenters. The average molecular weight is 404 g/mol. The van der Waals surface area contributed by atoms with Gasteiger partial charge in [0.05, 0.1) is 18.1 Å². The molecule has 0 spiro atoms. The highest BCUT2D eigenvalue weighted by Crippen LogP contribution is 2.21. The Kier molecular flexibility index (Phi) is 7.28. The summed E-state index contributed by atoms with van der Waals surface area (Å²) < 4.78 is 33.1. The Hall–Kier alpha value is -1.80. The molecule has 0 aromatic heterocycles. The second kappa shape index (κ2) is 9.23. The van der Waals surface area contributed by atoms with Crippen LogP contribution in [0.3, 0.4) is 0 Å². The number of rotatable bonds is 8. The lowest BCUT2D eigenvalue weighted by Gasteiger charge is -2.11. The number of carbonyl (C=O) groups is 2. The Morgan fingerprint density at radius 2 is 2.12 bits per heavy atom. The fourth-order valence-electron chi connectivity index (χ4n) is 2.57. The van der Waals surface area contributed by atoms with E-state index in [1.807, 2.05) is 6.92 Å². The number of hydrogen-bond donors (Lipinski definition) is 1. The Labute approximate surface area is 157 Å². The van der Waals surface area contributed by atoms with Crippen molar-refractivity contribution in [3.63, 3.8) is 0 Å². The van der Waals surface area contributed by atoms with Gasteiger partial charge in [0.15, 0.2) is 16.4 Å². The van der Waals surface area contributed by atoms with Gasteiger partial charge >= 0.3 is 5.97 Å². The van der Waals surface area contributed by atoms with E-state index in [0.717, 1.165) is 5.56 Å². The van der Waals surface area contributed by atoms with Crippen molar-refractivity contribution in [3.05, 3.63) is 28.8 Å². The number of esters is 1. The highest BCUT2D eigenvalue weighted by atomic mass is 35.5. The number of benzene rings is 1. The lowest BCUT2D eigenvalue weighted by Crippen LogP contribution is -2.38. The highest BCUT2D eigenvalue weighted by Gasteiger charge is 2.28. The first-order valence-corrected chi connectivity index (χ1v) is 10.5. The van der Waals surface area contributed by atoms with Crippen molar-refractivity contribution < 1.29 is 27.5 Å².